The monoisotopic (exact) mass is 220 g/mol. The molecule has 1 aliphatic carbocycles. The summed E-state index contributed by atoms with van der Waals surface area (Å²) in [5.74, 6) is 0.895. The molecule has 0 unspecified atom stereocenters. The van der Waals surface area contributed by atoms with Crippen LogP contribution in [0.3, 0.4) is 0 Å². The Hall–Kier alpha value is -1.36. The molecule has 0 atom stereocenters. The Balaban J connectivity index is 2.24. The number of nitrogens with zero attached hydrogens (tertiary/aromatic N) is 3. The molecule has 2 heterocycles. The van der Waals surface area contributed by atoms with E-state index in [1.165, 1.54) is 23.3 Å². The van der Waals surface area contributed by atoms with Crippen LogP contribution in [0.2, 0.25) is 0 Å². The third-order valence-corrected chi connectivity index (χ3v) is 4.00. The number of aryl methyl sites for hydroxylation is 2. The molecule has 5 heteroatoms. The van der Waals surface area contributed by atoms with Gasteiger partial charge in [-0.1, -0.05) is 0 Å². The van der Waals surface area contributed by atoms with Crippen LogP contribution in [0.1, 0.15) is 16.9 Å². The van der Waals surface area contributed by atoms with E-state index in [-0.39, 0.29) is 0 Å². The Morgan fingerprint density at radius 2 is 2.33 bits per heavy atom. The number of hydrogen-bond donors (Lipinski definition) is 1. The zero-order valence-electron chi connectivity index (χ0n) is 8.53. The normalized spacial score (nSPS) is 14.5. The molecule has 2 aromatic rings. The molecule has 0 fully saturated rings. The number of thiophene rings is 1. The van der Waals surface area contributed by atoms with Crippen molar-refractivity contribution in [3.05, 3.63) is 16.8 Å². The Morgan fingerprint density at radius 3 is 3.07 bits per heavy atom. The second-order valence-electron chi connectivity index (χ2n) is 3.80. The molecule has 15 heavy (non-hydrogen) atoms. The SMILES string of the molecule is Cn1ncnc1-c1c(N)sc2c1CCC2. The molecule has 78 valence electrons. The van der Waals surface area contributed by atoms with Gasteiger partial charge in [-0.15, -0.1) is 11.3 Å². The summed E-state index contributed by atoms with van der Waals surface area (Å²) in [6, 6.07) is 0. The predicted octanol–water partition coefficient (Wildman–Crippen LogP) is 1.61. The highest BCUT2D eigenvalue weighted by atomic mass is 32.1. The minimum atomic E-state index is 0.885. The van der Waals surface area contributed by atoms with Crippen molar-refractivity contribution in [2.45, 2.75) is 19.3 Å². The molecule has 0 saturated heterocycles. The third kappa shape index (κ3) is 1.19. The van der Waals surface area contributed by atoms with E-state index >= 15 is 0 Å². The van der Waals surface area contributed by atoms with Crippen molar-refractivity contribution < 1.29 is 0 Å². The smallest absolute Gasteiger partial charge is 0.161 e. The number of hydrogen-bond acceptors (Lipinski definition) is 4. The number of rotatable bonds is 1. The van der Waals surface area contributed by atoms with Gasteiger partial charge in [-0.05, 0) is 24.8 Å². The number of nitrogen functional groups attached to an aromatic ring is 1. The van der Waals surface area contributed by atoms with Crippen molar-refractivity contribution in [3.63, 3.8) is 0 Å². The molecule has 0 saturated carbocycles. The fourth-order valence-electron chi connectivity index (χ4n) is 2.19. The van der Waals surface area contributed by atoms with Crippen molar-refractivity contribution in [1.82, 2.24) is 14.8 Å². The van der Waals surface area contributed by atoms with Crippen molar-refractivity contribution in [3.8, 4) is 11.4 Å². The summed E-state index contributed by atoms with van der Waals surface area (Å²) < 4.78 is 1.79. The van der Waals surface area contributed by atoms with Gasteiger partial charge >= 0.3 is 0 Å². The van der Waals surface area contributed by atoms with Crippen LogP contribution >= 0.6 is 11.3 Å². The zero-order chi connectivity index (χ0) is 10.4. The summed E-state index contributed by atoms with van der Waals surface area (Å²) in [7, 11) is 1.90. The molecule has 4 nitrogen and oxygen atoms in total. The van der Waals surface area contributed by atoms with Gasteiger partial charge in [0.15, 0.2) is 5.82 Å². The summed E-state index contributed by atoms with van der Waals surface area (Å²) in [6.07, 6.45) is 5.12. The number of anilines is 1. The van der Waals surface area contributed by atoms with Gasteiger partial charge < -0.3 is 5.73 Å². The number of nitrogens with two attached hydrogens (primary N) is 1. The van der Waals surface area contributed by atoms with Gasteiger partial charge in [0.05, 0.1) is 10.6 Å². The van der Waals surface area contributed by atoms with Crippen LogP contribution in [0.5, 0.6) is 0 Å². The highest BCUT2D eigenvalue weighted by Gasteiger charge is 2.23. The van der Waals surface area contributed by atoms with Gasteiger partial charge in [-0.2, -0.15) is 5.10 Å². The molecule has 3 rings (SSSR count). The maximum Gasteiger partial charge on any atom is 0.161 e. The predicted molar refractivity (Wildman–Crippen MR) is 60.8 cm³/mol. The maximum absolute atomic E-state index is 6.05. The largest absolute Gasteiger partial charge is 0.390 e. The molecule has 1 aliphatic rings. The second kappa shape index (κ2) is 3.06. The average molecular weight is 220 g/mol. The fraction of sp³-hybridized carbons (Fsp3) is 0.400. The Kier molecular flexibility index (Phi) is 1.82. The summed E-state index contributed by atoms with van der Waals surface area (Å²) >= 11 is 1.71. The van der Waals surface area contributed by atoms with E-state index < -0.39 is 0 Å². The molecular formula is C10H12N4S. The first-order valence-corrected chi connectivity index (χ1v) is 5.83. The van der Waals surface area contributed by atoms with Crippen molar-refractivity contribution in [2.24, 2.45) is 7.05 Å². The molecule has 0 radical (unpaired) electrons. The average Bonchev–Trinajstić information content (AvgIpc) is 2.82. The number of aromatic nitrogens is 3. The Bertz CT molecular complexity index is 511. The van der Waals surface area contributed by atoms with E-state index in [2.05, 4.69) is 10.1 Å². The molecule has 0 aliphatic heterocycles. The zero-order valence-corrected chi connectivity index (χ0v) is 9.34. The fourth-order valence-corrected chi connectivity index (χ4v) is 3.35. The summed E-state index contributed by atoms with van der Waals surface area (Å²) in [5.41, 5.74) is 8.56. The van der Waals surface area contributed by atoms with Crippen LogP contribution in [0.15, 0.2) is 6.33 Å². The van der Waals surface area contributed by atoms with E-state index in [1.54, 1.807) is 22.3 Å². The van der Waals surface area contributed by atoms with E-state index in [9.17, 15) is 0 Å². The van der Waals surface area contributed by atoms with E-state index in [1.807, 2.05) is 7.05 Å². The lowest BCUT2D eigenvalue weighted by Crippen LogP contribution is -1.97. The van der Waals surface area contributed by atoms with Crippen LogP contribution in [0.4, 0.5) is 5.00 Å². The van der Waals surface area contributed by atoms with Gasteiger partial charge in [0.2, 0.25) is 0 Å². The summed E-state index contributed by atoms with van der Waals surface area (Å²) in [5, 5.41) is 4.98. The molecule has 2 aromatic heterocycles. The Labute approximate surface area is 91.7 Å². The van der Waals surface area contributed by atoms with Crippen LogP contribution in [0, 0.1) is 0 Å². The van der Waals surface area contributed by atoms with Gasteiger partial charge in [-0.3, -0.25) is 0 Å². The van der Waals surface area contributed by atoms with Crippen molar-refractivity contribution in [2.75, 3.05) is 5.73 Å². The van der Waals surface area contributed by atoms with Crippen molar-refractivity contribution in [1.29, 1.82) is 0 Å². The first kappa shape index (κ1) is 8.91. The third-order valence-electron chi connectivity index (χ3n) is 2.88. The molecular weight excluding hydrogens is 208 g/mol. The summed E-state index contributed by atoms with van der Waals surface area (Å²) in [6.45, 7) is 0. The Morgan fingerprint density at radius 1 is 1.47 bits per heavy atom. The van der Waals surface area contributed by atoms with Gasteiger partial charge in [0.25, 0.3) is 0 Å². The van der Waals surface area contributed by atoms with E-state index in [4.69, 9.17) is 5.73 Å². The standard InChI is InChI=1S/C10H12N4S/c1-14-10(12-5-13-14)8-6-3-2-4-7(6)15-9(8)11/h5H,2-4,11H2,1H3. The lowest BCUT2D eigenvalue weighted by molar-refractivity contribution is 0.774. The van der Waals surface area contributed by atoms with E-state index in [0.717, 1.165) is 22.8 Å². The molecule has 0 bridgehead atoms. The highest BCUT2D eigenvalue weighted by Crippen LogP contribution is 2.42. The van der Waals surface area contributed by atoms with Gasteiger partial charge in [0, 0.05) is 11.9 Å². The molecule has 0 spiro atoms. The maximum atomic E-state index is 6.05. The second-order valence-corrected chi connectivity index (χ2v) is 4.94. The van der Waals surface area contributed by atoms with Crippen LogP contribution < -0.4 is 5.73 Å². The molecule has 0 amide bonds. The highest BCUT2D eigenvalue weighted by molar-refractivity contribution is 7.16. The van der Waals surface area contributed by atoms with E-state index in [0.29, 0.717) is 0 Å². The summed E-state index contributed by atoms with van der Waals surface area (Å²) in [4.78, 5) is 5.71. The lowest BCUT2D eigenvalue weighted by Gasteiger charge is -2.02. The first-order chi connectivity index (χ1) is 7.27. The van der Waals surface area contributed by atoms with Crippen molar-refractivity contribution >= 4 is 16.3 Å². The quantitative estimate of drug-likeness (QED) is 0.794. The van der Waals surface area contributed by atoms with Crippen LogP contribution in [-0.2, 0) is 19.9 Å². The van der Waals surface area contributed by atoms with Gasteiger partial charge in [-0.25, -0.2) is 9.67 Å². The van der Waals surface area contributed by atoms with Gasteiger partial charge in [0.1, 0.15) is 6.33 Å². The first-order valence-electron chi connectivity index (χ1n) is 5.01. The topological polar surface area (TPSA) is 56.7 Å². The minimum Gasteiger partial charge on any atom is -0.390 e. The van der Waals surface area contributed by atoms with Crippen LogP contribution in [0.25, 0.3) is 11.4 Å². The molecule has 2 N–H and O–H groups in total. The van der Waals surface area contributed by atoms with Crippen LogP contribution in [-0.4, -0.2) is 14.8 Å². The minimum absolute atomic E-state index is 0.885. The molecule has 0 aromatic carbocycles. The number of fused-ring (bicyclic) bond motifs is 1. The lowest BCUT2D eigenvalue weighted by atomic mass is 10.1.